The van der Waals surface area contributed by atoms with Crippen molar-refractivity contribution in [2.45, 2.75) is 39.7 Å². The minimum Gasteiger partial charge on any atom is -0.488 e. The molecule has 114 valence electrons. The molecule has 1 aliphatic heterocycles. The van der Waals surface area contributed by atoms with Crippen molar-refractivity contribution in [3.63, 3.8) is 0 Å². The Morgan fingerprint density at radius 3 is 2.90 bits per heavy atom. The van der Waals surface area contributed by atoms with Gasteiger partial charge in [0.05, 0.1) is 5.69 Å². The molecule has 1 saturated heterocycles. The molecule has 4 heteroatoms. The molecule has 1 saturated carbocycles. The maximum absolute atomic E-state index is 12.2. The summed E-state index contributed by atoms with van der Waals surface area (Å²) in [5.74, 6) is 2.34. The Morgan fingerprint density at radius 1 is 1.38 bits per heavy atom. The molecule has 2 heterocycles. The lowest BCUT2D eigenvalue weighted by Crippen LogP contribution is -2.34. The number of rotatable bonds is 3. The second-order valence-electron chi connectivity index (χ2n) is 6.64. The van der Waals surface area contributed by atoms with Crippen LogP contribution in [-0.4, -0.2) is 35.0 Å². The number of ether oxygens (including phenoxy) is 1. The summed E-state index contributed by atoms with van der Waals surface area (Å²) in [6.07, 6.45) is 4.27. The summed E-state index contributed by atoms with van der Waals surface area (Å²) in [5, 5.41) is 0. The topological polar surface area (TPSA) is 42.4 Å². The molecule has 3 atom stereocenters. The molecule has 0 aromatic carbocycles. The first-order valence-electron chi connectivity index (χ1n) is 7.93. The van der Waals surface area contributed by atoms with E-state index in [1.807, 2.05) is 37.8 Å². The Balaban J connectivity index is 1.67. The van der Waals surface area contributed by atoms with Crippen LogP contribution in [0.2, 0.25) is 0 Å². The summed E-state index contributed by atoms with van der Waals surface area (Å²) < 4.78 is 6.21. The van der Waals surface area contributed by atoms with Crippen LogP contribution in [0.3, 0.4) is 0 Å². The number of fused-ring (bicyclic) bond motifs is 1. The fraction of sp³-hybridized carbons (Fsp3) is 0.647. The van der Waals surface area contributed by atoms with Gasteiger partial charge < -0.3 is 9.64 Å². The highest BCUT2D eigenvalue weighted by atomic mass is 16.5. The maximum atomic E-state index is 12.2. The van der Waals surface area contributed by atoms with Gasteiger partial charge in [-0.2, -0.15) is 0 Å². The highest BCUT2D eigenvalue weighted by Crippen LogP contribution is 2.40. The number of carbonyl (C=O) groups excluding carboxylic acids is 1. The number of likely N-dealkylation sites (tertiary alicyclic amines) is 1. The van der Waals surface area contributed by atoms with Crippen molar-refractivity contribution < 1.29 is 9.53 Å². The van der Waals surface area contributed by atoms with Crippen molar-refractivity contribution in [3.05, 3.63) is 24.0 Å². The van der Waals surface area contributed by atoms with Gasteiger partial charge in [0.15, 0.2) is 0 Å². The predicted octanol–water partition coefficient (Wildman–Crippen LogP) is 2.66. The Bertz CT molecular complexity index is 529. The first-order valence-corrected chi connectivity index (χ1v) is 7.93. The average molecular weight is 288 g/mol. The molecule has 2 fully saturated rings. The van der Waals surface area contributed by atoms with E-state index < -0.39 is 0 Å². The van der Waals surface area contributed by atoms with Crippen molar-refractivity contribution >= 4 is 5.91 Å². The molecular formula is C17H24N2O2. The molecule has 0 bridgehead atoms. The number of aryl methyl sites for hydroxylation is 1. The molecular weight excluding hydrogens is 264 g/mol. The standard InChI is InChI=1S/C17H24N2O2/c1-11(2)17(20)19-9-13-6-7-16(14(13)10-19)21-15-5-4-8-18-12(15)3/h4-5,8,11,13-14,16H,6-7,9-10H2,1-3H3. The number of nitrogens with zero attached hydrogens (tertiary/aromatic N) is 2. The minimum absolute atomic E-state index is 0.0868. The Labute approximate surface area is 126 Å². The van der Waals surface area contributed by atoms with E-state index in [1.165, 1.54) is 0 Å². The van der Waals surface area contributed by atoms with Crippen LogP contribution >= 0.6 is 0 Å². The highest BCUT2D eigenvalue weighted by molar-refractivity contribution is 5.78. The van der Waals surface area contributed by atoms with Crippen molar-refractivity contribution in [1.29, 1.82) is 0 Å². The van der Waals surface area contributed by atoms with Gasteiger partial charge in [0.1, 0.15) is 11.9 Å². The predicted molar refractivity (Wildman–Crippen MR) is 81.0 cm³/mol. The molecule has 1 aromatic heterocycles. The lowest BCUT2D eigenvalue weighted by atomic mass is 9.99. The van der Waals surface area contributed by atoms with E-state index in [4.69, 9.17) is 4.74 Å². The molecule has 21 heavy (non-hydrogen) atoms. The van der Waals surface area contributed by atoms with Gasteiger partial charge in [-0.1, -0.05) is 13.8 Å². The number of hydrogen-bond acceptors (Lipinski definition) is 3. The van der Waals surface area contributed by atoms with Crippen LogP contribution in [0.25, 0.3) is 0 Å². The van der Waals surface area contributed by atoms with E-state index in [9.17, 15) is 4.79 Å². The lowest BCUT2D eigenvalue weighted by Gasteiger charge is -2.23. The summed E-state index contributed by atoms with van der Waals surface area (Å²) >= 11 is 0. The lowest BCUT2D eigenvalue weighted by molar-refractivity contribution is -0.133. The molecule has 1 aliphatic carbocycles. The second kappa shape index (κ2) is 5.66. The van der Waals surface area contributed by atoms with Crippen molar-refractivity contribution in [2.75, 3.05) is 13.1 Å². The molecule has 0 N–H and O–H groups in total. The molecule has 0 radical (unpaired) electrons. The van der Waals surface area contributed by atoms with Crippen molar-refractivity contribution in [1.82, 2.24) is 9.88 Å². The van der Waals surface area contributed by atoms with Crippen LogP contribution in [-0.2, 0) is 4.79 Å². The zero-order valence-corrected chi connectivity index (χ0v) is 13.1. The fourth-order valence-electron chi connectivity index (χ4n) is 3.66. The van der Waals surface area contributed by atoms with E-state index in [1.54, 1.807) is 6.20 Å². The maximum Gasteiger partial charge on any atom is 0.225 e. The van der Waals surface area contributed by atoms with Gasteiger partial charge in [-0.3, -0.25) is 9.78 Å². The average Bonchev–Trinajstić information content (AvgIpc) is 3.02. The van der Waals surface area contributed by atoms with Gasteiger partial charge in [-0.25, -0.2) is 0 Å². The van der Waals surface area contributed by atoms with Crippen LogP contribution in [0, 0.1) is 24.7 Å². The van der Waals surface area contributed by atoms with Crippen molar-refractivity contribution in [3.8, 4) is 5.75 Å². The third-order valence-corrected chi connectivity index (χ3v) is 4.83. The minimum atomic E-state index is 0.0868. The summed E-state index contributed by atoms with van der Waals surface area (Å²) in [4.78, 5) is 18.5. The summed E-state index contributed by atoms with van der Waals surface area (Å²) in [6.45, 7) is 7.69. The third kappa shape index (κ3) is 2.76. The Morgan fingerprint density at radius 2 is 2.19 bits per heavy atom. The highest BCUT2D eigenvalue weighted by Gasteiger charge is 2.45. The molecule has 1 amide bonds. The molecule has 3 unspecified atom stereocenters. The summed E-state index contributed by atoms with van der Waals surface area (Å²) in [5.41, 5.74) is 0.939. The summed E-state index contributed by atoms with van der Waals surface area (Å²) in [6, 6.07) is 3.90. The smallest absolute Gasteiger partial charge is 0.225 e. The second-order valence-corrected chi connectivity index (χ2v) is 6.64. The van der Waals surface area contributed by atoms with Crippen LogP contribution < -0.4 is 4.74 Å². The molecule has 1 aromatic rings. The monoisotopic (exact) mass is 288 g/mol. The van der Waals surface area contributed by atoms with E-state index in [-0.39, 0.29) is 17.9 Å². The van der Waals surface area contributed by atoms with Gasteiger partial charge in [0, 0.05) is 31.1 Å². The van der Waals surface area contributed by atoms with Gasteiger partial charge in [0.25, 0.3) is 0 Å². The van der Waals surface area contributed by atoms with Crippen molar-refractivity contribution in [2.24, 2.45) is 17.8 Å². The number of pyridine rings is 1. The van der Waals surface area contributed by atoms with Crippen LogP contribution in [0.5, 0.6) is 5.75 Å². The van der Waals surface area contributed by atoms with Crippen LogP contribution in [0.4, 0.5) is 0 Å². The van der Waals surface area contributed by atoms with Gasteiger partial charge >= 0.3 is 0 Å². The number of hydrogen-bond donors (Lipinski definition) is 0. The third-order valence-electron chi connectivity index (χ3n) is 4.83. The normalized spacial score (nSPS) is 28.0. The van der Waals surface area contributed by atoms with Gasteiger partial charge in [-0.15, -0.1) is 0 Å². The molecule has 4 nitrogen and oxygen atoms in total. The Hall–Kier alpha value is -1.58. The van der Waals surface area contributed by atoms with Gasteiger partial charge in [0.2, 0.25) is 5.91 Å². The molecule has 2 aliphatic rings. The SMILES string of the molecule is Cc1ncccc1OC1CCC2CN(C(=O)C(C)C)CC21. The number of amides is 1. The largest absolute Gasteiger partial charge is 0.488 e. The molecule has 3 rings (SSSR count). The van der Waals surface area contributed by atoms with Crippen LogP contribution in [0.15, 0.2) is 18.3 Å². The quantitative estimate of drug-likeness (QED) is 0.858. The zero-order chi connectivity index (χ0) is 15.0. The first-order chi connectivity index (χ1) is 10.1. The van der Waals surface area contributed by atoms with E-state index in [0.29, 0.717) is 11.8 Å². The number of aromatic nitrogens is 1. The van der Waals surface area contributed by atoms with E-state index >= 15 is 0 Å². The fourth-order valence-corrected chi connectivity index (χ4v) is 3.66. The Kier molecular flexibility index (Phi) is 3.87. The van der Waals surface area contributed by atoms with E-state index in [2.05, 4.69) is 4.98 Å². The zero-order valence-electron chi connectivity index (χ0n) is 13.1. The first kappa shape index (κ1) is 14.4. The van der Waals surface area contributed by atoms with E-state index in [0.717, 1.165) is 37.4 Å². The number of carbonyl (C=O) groups is 1. The molecule has 0 spiro atoms. The van der Waals surface area contributed by atoms with Crippen LogP contribution in [0.1, 0.15) is 32.4 Å². The van der Waals surface area contributed by atoms with Gasteiger partial charge in [-0.05, 0) is 37.8 Å². The summed E-state index contributed by atoms with van der Waals surface area (Å²) in [7, 11) is 0.